The number of aliphatic hydroxyl groups excluding tert-OH is 1. The smallest absolute Gasteiger partial charge is 0.416 e. The summed E-state index contributed by atoms with van der Waals surface area (Å²) >= 11 is 0. The lowest BCUT2D eigenvalue weighted by Gasteiger charge is -2.15. The van der Waals surface area contributed by atoms with Crippen LogP contribution >= 0.6 is 0 Å². The molecular formula is C16H15F3O2. The third-order valence-corrected chi connectivity index (χ3v) is 3.13. The minimum Gasteiger partial charge on any atom is -0.457 e. The molecule has 0 aliphatic carbocycles. The Kier molecular flexibility index (Phi) is 4.23. The van der Waals surface area contributed by atoms with Gasteiger partial charge in [-0.3, -0.25) is 0 Å². The Hall–Kier alpha value is -2.01. The molecule has 0 unspecified atom stereocenters. The van der Waals surface area contributed by atoms with Crippen molar-refractivity contribution in [1.82, 2.24) is 0 Å². The van der Waals surface area contributed by atoms with E-state index in [0.717, 1.165) is 17.2 Å². The van der Waals surface area contributed by atoms with Crippen molar-refractivity contribution in [3.8, 4) is 11.5 Å². The lowest BCUT2D eigenvalue weighted by molar-refractivity contribution is -0.138. The van der Waals surface area contributed by atoms with Crippen LogP contribution in [0.15, 0.2) is 36.4 Å². The monoisotopic (exact) mass is 296 g/mol. The van der Waals surface area contributed by atoms with Crippen molar-refractivity contribution in [1.29, 1.82) is 0 Å². The van der Waals surface area contributed by atoms with E-state index in [0.29, 0.717) is 5.75 Å². The van der Waals surface area contributed by atoms with Crippen LogP contribution in [0.5, 0.6) is 11.5 Å². The van der Waals surface area contributed by atoms with Gasteiger partial charge in [0.05, 0.1) is 12.2 Å². The molecule has 0 aliphatic heterocycles. The highest BCUT2D eigenvalue weighted by Crippen LogP contribution is 2.36. The van der Waals surface area contributed by atoms with E-state index in [9.17, 15) is 13.2 Å². The van der Waals surface area contributed by atoms with Crippen molar-refractivity contribution >= 4 is 0 Å². The van der Waals surface area contributed by atoms with Gasteiger partial charge in [-0.05, 0) is 48.7 Å². The maximum Gasteiger partial charge on any atom is 0.416 e. The van der Waals surface area contributed by atoms with Crippen molar-refractivity contribution in [3.05, 3.63) is 58.7 Å². The molecule has 0 fully saturated rings. The van der Waals surface area contributed by atoms with Crippen LogP contribution in [0.1, 0.15) is 22.3 Å². The standard InChI is InChI=1S/C16H15F3O2/c1-10-3-4-11(2)15(7-10)21-13-6-5-12(9-20)14(8-13)16(17,18)19/h3-8,20H,9H2,1-2H3. The van der Waals surface area contributed by atoms with Crippen LogP contribution in [-0.2, 0) is 12.8 Å². The fourth-order valence-electron chi connectivity index (χ4n) is 1.97. The average Bonchev–Trinajstić information content (AvgIpc) is 2.42. The normalized spacial score (nSPS) is 11.5. The minimum absolute atomic E-state index is 0.0909. The number of rotatable bonds is 3. The summed E-state index contributed by atoms with van der Waals surface area (Å²) in [6.07, 6.45) is -4.53. The van der Waals surface area contributed by atoms with Crippen molar-refractivity contribution in [2.45, 2.75) is 26.6 Å². The van der Waals surface area contributed by atoms with Gasteiger partial charge >= 0.3 is 6.18 Å². The number of hydrogen-bond acceptors (Lipinski definition) is 2. The second-order valence-electron chi connectivity index (χ2n) is 4.85. The number of hydrogen-bond donors (Lipinski definition) is 1. The zero-order chi connectivity index (χ0) is 15.6. The van der Waals surface area contributed by atoms with Gasteiger partial charge in [0.1, 0.15) is 11.5 Å². The third-order valence-electron chi connectivity index (χ3n) is 3.13. The molecule has 0 bridgehead atoms. The second-order valence-corrected chi connectivity index (χ2v) is 4.85. The summed E-state index contributed by atoms with van der Waals surface area (Å²) in [5, 5.41) is 9.00. The summed E-state index contributed by atoms with van der Waals surface area (Å²) in [7, 11) is 0. The quantitative estimate of drug-likeness (QED) is 0.896. The van der Waals surface area contributed by atoms with Gasteiger partial charge < -0.3 is 9.84 Å². The topological polar surface area (TPSA) is 29.5 Å². The van der Waals surface area contributed by atoms with E-state index in [1.54, 1.807) is 6.07 Å². The Balaban J connectivity index is 2.39. The molecule has 2 nitrogen and oxygen atoms in total. The van der Waals surface area contributed by atoms with Gasteiger partial charge in [0, 0.05) is 0 Å². The molecule has 112 valence electrons. The Morgan fingerprint density at radius 2 is 1.76 bits per heavy atom. The number of benzene rings is 2. The van der Waals surface area contributed by atoms with Crippen LogP contribution in [0.3, 0.4) is 0 Å². The van der Waals surface area contributed by atoms with E-state index < -0.39 is 18.3 Å². The molecule has 0 saturated carbocycles. The van der Waals surface area contributed by atoms with Crippen LogP contribution in [0, 0.1) is 13.8 Å². The number of halogens is 3. The third kappa shape index (κ3) is 3.55. The lowest BCUT2D eigenvalue weighted by atomic mass is 10.1. The molecule has 0 atom stereocenters. The highest BCUT2D eigenvalue weighted by Gasteiger charge is 2.33. The number of ether oxygens (including phenoxy) is 1. The van der Waals surface area contributed by atoms with Crippen LogP contribution in [0.2, 0.25) is 0 Å². The van der Waals surface area contributed by atoms with Crippen LogP contribution < -0.4 is 4.74 Å². The minimum atomic E-state index is -4.53. The van der Waals surface area contributed by atoms with Crippen molar-refractivity contribution in [2.24, 2.45) is 0 Å². The van der Waals surface area contributed by atoms with Gasteiger partial charge in [-0.15, -0.1) is 0 Å². The molecule has 0 amide bonds. The van der Waals surface area contributed by atoms with E-state index in [-0.39, 0.29) is 11.3 Å². The van der Waals surface area contributed by atoms with E-state index in [1.165, 1.54) is 12.1 Å². The van der Waals surface area contributed by atoms with Crippen molar-refractivity contribution in [3.63, 3.8) is 0 Å². The first-order valence-electron chi connectivity index (χ1n) is 6.37. The Labute approximate surface area is 120 Å². The summed E-state index contributed by atoms with van der Waals surface area (Å²) in [6, 6.07) is 9.07. The van der Waals surface area contributed by atoms with Crippen molar-refractivity contribution < 1.29 is 23.0 Å². The maximum absolute atomic E-state index is 12.9. The van der Waals surface area contributed by atoms with Crippen LogP contribution in [0.25, 0.3) is 0 Å². The Morgan fingerprint density at radius 3 is 2.38 bits per heavy atom. The molecule has 5 heteroatoms. The number of alkyl halides is 3. The summed E-state index contributed by atoms with van der Waals surface area (Å²) < 4.78 is 44.3. The fraction of sp³-hybridized carbons (Fsp3) is 0.250. The molecule has 1 N–H and O–H groups in total. The van der Waals surface area contributed by atoms with E-state index in [2.05, 4.69) is 0 Å². The Morgan fingerprint density at radius 1 is 1.05 bits per heavy atom. The molecule has 0 aromatic heterocycles. The van der Waals surface area contributed by atoms with E-state index in [4.69, 9.17) is 9.84 Å². The predicted octanol–water partition coefficient (Wildman–Crippen LogP) is 4.61. The van der Waals surface area contributed by atoms with Gasteiger partial charge in [0.15, 0.2) is 0 Å². The molecule has 21 heavy (non-hydrogen) atoms. The number of aryl methyl sites for hydroxylation is 2. The Bertz CT molecular complexity index is 648. The first kappa shape index (κ1) is 15.4. The van der Waals surface area contributed by atoms with Gasteiger partial charge in [-0.25, -0.2) is 0 Å². The van der Waals surface area contributed by atoms with Gasteiger partial charge in [-0.1, -0.05) is 18.2 Å². The zero-order valence-corrected chi connectivity index (χ0v) is 11.7. The first-order chi connectivity index (χ1) is 9.81. The molecule has 0 spiro atoms. The predicted molar refractivity (Wildman–Crippen MR) is 73.4 cm³/mol. The molecule has 0 aliphatic rings. The molecule has 2 rings (SSSR count). The molecule has 0 heterocycles. The molecule has 0 radical (unpaired) electrons. The highest BCUT2D eigenvalue weighted by atomic mass is 19.4. The largest absolute Gasteiger partial charge is 0.457 e. The highest BCUT2D eigenvalue weighted by molar-refractivity contribution is 5.43. The summed E-state index contributed by atoms with van der Waals surface area (Å²) in [4.78, 5) is 0. The van der Waals surface area contributed by atoms with Gasteiger partial charge in [0.2, 0.25) is 0 Å². The second kappa shape index (κ2) is 5.77. The SMILES string of the molecule is Cc1ccc(C)c(Oc2ccc(CO)c(C(F)(F)F)c2)c1. The van der Waals surface area contributed by atoms with E-state index >= 15 is 0 Å². The maximum atomic E-state index is 12.9. The summed E-state index contributed by atoms with van der Waals surface area (Å²) in [5.41, 5.74) is 0.739. The lowest BCUT2D eigenvalue weighted by Crippen LogP contribution is -2.09. The van der Waals surface area contributed by atoms with Crippen LogP contribution in [0.4, 0.5) is 13.2 Å². The van der Waals surface area contributed by atoms with Crippen molar-refractivity contribution in [2.75, 3.05) is 0 Å². The summed E-state index contributed by atoms with van der Waals surface area (Å²) in [6.45, 7) is 3.03. The van der Waals surface area contributed by atoms with Gasteiger partial charge in [0.25, 0.3) is 0 Å². The molecule has 2 aromatic rings. The van der Waals surface area contributed by atoms with E-state index in [1.807, 2.05) is 26.0 Å². The average molecular weight is 296 g/mol. The van der Waals surface area contributed by atoms with Crippen LogP contribution in [-0.4, -0.2) is 5.11 Å². The first-order valence-corrected chi connectivity index (χ1v) is 6.37. The van der Waals surface area contributed by atoms with Gasteiger partial charge in [-0.2, -0.15) is 13.2 Å². The molecule has 2 aromatic carbocycles. The zero-order valence-electron chi connectivity index (χ0n) is 11.7. The molecule has 0 saturated heterocycles. The fourth-order valence-corrected chi connectivity index (χ4v) is 1.97. The summed E-state index contributed by atoms with van der Waals surface area (Å²) in [5.74, 6) is 0.605. The number of aliphatic hydroxyl groups is 1. The molecular weight excluding hydrogens is 281 g/mol.